The number of benzene rings is 1. The Bertz CT molecular complexity index is 1050. The number of terminal acetylenes is 1. The van der Waals surface area contributed by atoms with Gasteiger partial charge in [-0.25, -0.2) is 4.98 Å². The van der Waals surface area contributed by atoms with E-state index in [1.165, 1.54) is 11.8 Å². The molecule has 5 heteroatoms. The molecule has 31 heavy (non-hydrogen) atoms. The second-order valence-electron chi connectivity index (χ2n) is 9.50. The van der Waals surface area contributed by atoms with E-state index in [9.17, 15) is 9.90 Å². The number of ketones is 1. The lowest BCUT2D eigenvalue weighted by Gasteiger charge is -2.34. The summed E-state index contributed by atoms with van der Waals surface area (Å²) in [6.07, 6.45) is 13.6. The number of aliphatic hydroxyl groups is 1. The topological polar surface area (TPSA) is 75.2 Å². The van der Waals surface area contributed by atoms with Gasteiger partial charge in [0.25, 0.3) is 0 Å². The van der Waals surface area contributed by atoms with Gasteiger partial charge in [0.05, 0.1) is 11.8 Å². The van der Waals surface area contributed by atoms with Gasteiger partial charge in [0.15, 0.2) is 5.82 Å². The molecule has 2 aromatic rings. The van der Waals surface area contributed by atoms with E-state index in [4.69, 9.17) is 11.2 Å². The smallest absolute Gasteiger partial charge is 0.202 e. The molecule has 1 aromatic heterocycles. The number of carbonyl (C=O) groups excluding carboxylic acids is 1. The van der Waals surface area contributed by atoms with Gasteiger partial charge in [-0.2, -0.15) is 0 Å². The lowest BCUT2D eigenvalue weighted by molar-refractivity contribution is -0.0679. The maximum Gasteiger partial charge on any atom is 0.202 e. The van der Waals surface area contributed by atoms with Crippen LogP contribution in [0.2, 0.25) is 0 Å². The van der Waals surface area contributed by atoms with Gasteiger partial charge in [0.2, 0.25) is 5.78 Å². The monoisotopic (exact) mass is 418 g/mol. The molecule has 0 radical (unpaired) electrons. The van der Waals surface area contributed by atoms with E-state index in [1.54, 1.807) is 0 Å². The highest BCUT2D eigenvalue weighted by Gasteiger charge is 2.33. The van der Waals surface area contributed by atoms with E-state index < -0.39 is 5.60 Å². The van der Waals surface area contributed by atoms with Gasteiger partial charge in [-0.1, -0.05) is 38.0 Å². The maximum absolute atomic E-state index is 12.9. The van der Waals surface area contributed by atoms with Crippen molar-refractivity contribution >= 4 is 11.4 Å². The minimum atomic E-state index is -0.882. The summed E-state index contributed by atoms with van der Waals surface area (Å²) in [6.45, 7) is 5.68. The first-order valence-corrected chi connectivity index (χ1v) is 11.0. The van der Waals surface area contributed by atoms with Gasteiger partial charge in [-0.3, -0.25) is 4.79 Å². The Labute approximate surface area is 183 Å². The predicted octanol–water partition coefficient (Wildman–Crippen LogP) is 4.41. The Hall–Kier alpha value is -2.68. The highest BCUT2D eigenvalue weighted by Crippen LogP contribution is 2.41. The number of Topliss-reactive ketones (excluding diaryl/α,β-unsaturated/α-hetero) is 1. The first-order valence-electron chi connectivity index (χ1n) is 11.0. The Morgan fingerprint density at radius 3 is 2.71 bits per heavy atom. The van der Waals surface area contributed by atoms with Crippen molar-refractivity contribution in [2.45, 2.75) is 58.0 Å². The summed E-state index contributed by atoms with van der Waals surface area (Å²) in [5.74, 6) is 2.65. The van der Waals surface area contributed by atoms with E-state index in [2.05, 4.69) is 41.9 Å². The molecule has 1 fully saturated rings. The molecule has 0 spiro atoms. The van der Waals surface area contributed by atoms with Crippen LogP contribution >= 0.6 is 0 Å². The Morgan fingerprint density at radius 1 is 1.29 bits per heavy atom. The highest BCUT2D eigenvalue weighted by molar-refractivity contribution is 5.95. The minimum absolute atomic E-state index is 0.1000. The van der Waals surface area contributed by atoms with Crippen LogP contribution in [-0.2, 0) is 16.8 Å². The summed E-state index contributed by atoms with van der Waals surface area (Å²) in [6, 6.07) is 6.04. The number of aromatic nitrogens is 2. The Morgan fingerprint density at radius 2 is 2.06 bits per heavy atom. The largest absolute Gasteiger partial charge is 0.385 e. The van der Waals surface area contributed by atoms with E-state index in [0.717, 1.165) is 36.0 Å². The SMILES string of the molecule is C#Cc1cnc(C(=O)Cc2ccc(C3(O)CCOCC3)cc2C2=CCC(C)(C)CC2)[nH]1. The minimum Gasteiger partial charge on any atom is -0.385 e. The molecule has 162 valence electrons. The van der Waals surface area contributed by atoms with E-state index in [1.807, 2.05) is 12.1 Å². The van der Waals surface area contributed by atoms with Crippen LogP contribution in [0.4, 0.5) is 0 Å². The number of aromatic amines is 1. The predicted molar refractivity (Wildman–Crippen MR) is 121 cm³/mol. The fraction of sp³-hybridized carbons (Fsp3) is 0.462. The van der Waals surface area contributed by atoms with Crippen LogP contribution in [0.25, 0.3) is 5.57 Å². The van der Waals surface area contributed by atoms with Crippen LogP contribution in [0.5, 0.6) is 0 Å². The Kier molecular flexibility index (Phi) is 5.88. The molecule has 0 atom stereocenters. The molecular formula is C26H30N2O3. The number of carbonyl (C=O) groups is 1. The zero-order valence-corrected chi connectivity index (χ0v) is 18.3. The fourth-order valence-corrected chi connectivity index (χ4v) is 4.43. The van der Waals surface area contributed by atoms with Crippen LogP contribution in [0.3, 0.4) is 0 Å². The maximum atomic E-state index is 12.9. The molecule has 0 bridgehead atoms. The van der Waals surface area contributed by atoms with Gasteiger partial charge in [-0.05, 0) is 53.0 Å². The van der Waals surface area contributed by atoms with Crippen molar-refractivity contribution < 1.29 is 14.6 Å². The summed E-state index contributed by atoms with van der Waals surface area (Å²) in [7, 11) is 0. The van der Waals surface area contributed by atoms with Crippen molar-refractivity contribution in [3.63, 3.8) is 0 Å². The molecule has 1 aliphatic carbocycles. The summed E-state index contributed by atoms with van der Waals surface area (Å²) < 4.78 is 5.45. The molecule has 1 aliphatic heterocycles. The number of hydrogen-bond donors (Lipinski definition) is 2. The van der Waals surface area contributed by atoms with Crippen LogP contribution in [0.1, 0.15) is 79.0 Å². The summed E-state index contributed by atoms with van der Waals surface area (Å²) >= 11 is 0. The quantitative estimate of drug-likeness (QED) is 0.557. The molecule has 0 saturated carbocycles. The van der Waals surface area contributed by atoms with Crippen molar-refractivity contribution in [3.05, 3.63) is 58.7 Å². The number of ether oxygens (including phenoxy) is 1. The first-order chi connectivity index (χ1) is 14.8. The third kappa shape index (κ3) is 4.66. The van der Waals surface area contributed by atoms with Gasteiger partial charge < -0.3 is 14.8 Å². The zero-order valence-electron chi connectivity index (χ0n) is 18.3. The fourth-order valence-electron chi connectivity index (χ4n) is 4.43. The van der Waals surface area contributed by atoms with Crippen molar-refractivity contribution in [2.75, 3.05) is 13.2 Å². The van der Waals surface area contributed by atoms with Crippen LogP contribution < -0.4 is 0 Å². The normalized spacial score (nSPS) is 20.0. The second-order valence-corrected chi connectivity index (χ2v) is 9.50. The van der Waals surface area contributed by atoms with Crippen LogP contribution in [0, 0.1) is 17.8 Å². The van der Waals surface area contributed by atoms with Crippen LogP contribution in [0.15, 0.2) is 30.5 Å². The number of allylic oxidation sites excluding steroid dienone is 2. The number of H-pyrrole nitrogens is 1. The summed E-state index contributed by atoms with van der Waals surface area (Å²) in [5, 5.41) is 11.2. The third-order valence-corrected chi connectivity index (χ3v) is 6.63. The molecule has 5 nitrogen and oxygen atoms in total. The number of hydrogen-bond acceptors (Lipinski definition) is 4. The summed E-state index contributed by atoms with van der Waals surface area (Å²) in [5.41, 5.74) is 4.07. The summed E-state index contributed by atoms with van der Waals surface area (Å²) in [4.78, 5) is 19.9. The molecule has 2 heterocycles. The average molecular weight is 419 g/mol. The molecule has 1 saturated heterocycles. The molecule has 0 unspecified atom stereocenters. The number of imidazole rings is 1. The molecule has 4 rings (SSSR count). The van der Waals surface area contributed by atoms with Crippen molar-refractivity contribution in [1.82, 2.24) is 9.97 Å². The lowest BCUT2D eigenvalue weighted by atomic mass is 9.75. The van der Waals surface area contributed by atoms with Gasteiger partial charge in [0, 0.05) is 32.5 Å². The van der Waals surface area contributed by atoms with Gasteiger partial charge in [-0.15, -0.1) is 6.42 Å². The first kappa shape index (κ1) is 21.5. The van der Waals surface area contributed by atoms with Crippen molar-refractivity contribution in [3.8, 4) is 12.3 Å². The highest BCUT2D eigenvalue weighted by atomic mass is 16.5. The molecule has 0 amide bonds. The molecular weight excluding hydrogens is 388 g/mol. The van der Waals surface area contributed by atoms with E-state index in [0.29, 0.717) is 31.7 Å². The lowest BCUT2D eigenvalue weighted by Crippen LogP contribution is -2.33. The second kappa shape index (κ2) is 8.45. The van der Waals surface area contributed by atoms with Gasteiger partial charge in [0.1, 0.15) is 5.69 Å². The van der Waals surface area contributed by atoms with Crippen molar-refractivity contribution in [1.29, 1.82) is 0 Å². The number of nitrogens with zero attached hydrogens (tertiary/aromatic N) is 1. The van der Waals surface area contributed by atoms with E-state index >= 15 is 0 Å². The standard InChI is InChI=1S/C26H30N2O3/c1-4-21-17-27-24(28-21)23(29)15-19-5-6-20(26(30)11-13-31-14-12-26)16-22(19)18-7-9-25(2,3)10-8-18/h1,5-7,16-17,30H,8-15H2,2-3H3,(H,27,28). The van der Waals surface area contributed by atoms with Crippen LogP contribution in [-0.4, -0.2) is 34.1 Å². The van der Waals surface area contributed by atoms with Gasteiger partial charge >= 0.3 is 0 Å². The number of nitrogens with one attached hydrogen (secondary N) is 1. The van der Waals surface area contributed by atoms with Crippen molar-refractivity contribution in [2.24, 2.45) is 5.41 Å². The molecule has 1 aromatic carbocycles. The Balaban J connectivity index is 1.69. The molecule has 2 aliphatic rings. The van der Waals surface area contributed by atoms with E-state index in [-0.39, 0.29) is 23.4 Å². The third-order valence-electron chi connectivity index (χ3n) is 6.63. The molecule has 2 N–H and O–H groups in total. The average Bonchev–Trinajstić information content (AvgIpc) is 3.24. The number of rotatable bonds is 5. The zero-order chi connectivity index (χ0) is 22.1.